The monoisotopic (exact) mass is 363 g/mol. The highest BCUT2D eigenvalue weighted by molar-refractivity contribution is 8.00. The Morgan fingerprint density at radius 3 is 2.44 bits per heavy atom. The van der Waals surface area contributed by atoms with E-state index >= 15 is 0 Å². The molecule has 0 saturated carbocycles. The molecule has 2 amide bonds. The molecule has 0 bridgehead atoms. The summed E-state index contributed by atoms with van der Waals surface area (Å²) in [6.07, 6.45) is 0. The molecule has 3 rings (SSSR count). The van der Waals surface area contributed by atoms with Crippen LogP contribution in [0.2, 0.25) is 0 Å². The van der Waals surface area contributed by atoms with Crippen LogP contribution in [-0.4, -0.2) is 78.6 Å². The number of hydrogen-bond acceptors (Lipinski definition) is 5. The highest BCUT2D eigenvalue weighted by Gasteiger charge is 2.40. The van der Waals surface area contributed by atoms with Gasteiger partial charge in [-0.05, 0) is 31.7 Å². The number of hydrogen-bond donors (Lipinski definition) is 0. The molecule has 0 N–H and O–H groups in total. The number of carbonyl (C=O) groups excluding carboxylic acids is 2. The number of benzene rings is 1. The predicted octanol–water partition coefficient (Wildman–Crippen LogP) is 1.43. The fourth-order valence-corrected chi connectivity index (χ4v) is 4.55. The molecule has 2 heterocycles. The second-order valence-electron chi connectivity index (χ2n) is 6.54. The van der Waals surface area contributed by atoms with Crippen molar-refractivity contribution in [1.82, 2.24) is 14.7 Å². The summed E-state index contributed by atoms with van der Waals surface area (Å²) in [5.74, 6) is 1.27. The normalized spacial score (nSPS) is 23.0. The maximum atomic E-state index is 12.9. The first-order valence-electron chi connectivity index (χ1n) is 8.55. The summed E-state index contributed by atoms with van der Waals surface area (Å²) in [5, 5.41) is -0.121. The van der Waals surface area contributed by atoms with Crippen molar-refractivity contribution in [3.63, 3.8) is 0 Å². The maximum absolute atomic E-state index is 12.9. The summed E-state index contributed by atoms with van der Waals surface area (Å²) in [6, 6.07) is 7.27. The average Bonchev–Trinajstić information content (AvgIpc) is 3.02. The number of carbonyl (C=O) groups is 2. The van der Waals surface area contributed by atoms with Crippen molar-refractivity contribution in [2.45, 2.75) is 18.3 Å². The summed E-state index contributed by atoms with van der Waals surface area (Å²) in [5.41, 5.74) is 1.02. The van der Waals surface area contributed by atoms with Crippen molar-refractivity contribution in [1.29, 1.82) is 0 Å². The Labute approximate surface area is 153 Å². The summed E-state index contributed by atoms with van der Waals surface area (Å²) in [6.45, 7) is 5.05. The summed E-state index contributed by atoms with van der Waals surface area (Å²) < 4.78 is 5.20. The lowest BCUT2D eigenvalue weighted by molar-refractivity contribution is -0.145. The van der Waals surface area contributed by atoms with Gasteiger partial charge >= 0.3 is 0 Å². The Hall–Kier alpha value is -1.73. The molecule has 2 aliphatic rings. The van der Waals surface area contributed by atoms with Crippen LogP contribution < -0.4 is 4.74 Å². The Morgan fingerprint density at radius 2 is 1.84 bits per heavy atom. The second-order valence-corrected chi connectivity index (χ2v) is 7.61. The smallest absolute Gasteiger partial charge is 0.245 e. The van der Waals surface area contributed by atoms with E-state index in [0.29, 0.717) is 5.75 Å². The van der Waals surface area contributed by atoms with E-state index in [1.54, 1.807) is 23.8 Å². The Kier molecular flexibility index (Phi) is 5.54. The van der Waals surface area contributed by atoms with Crippen molar-refractivity contribution in [2.24, 2.45) is 0 Å². The van der Waals surface area contributed by atoms with Gasteiger partial charge in [-0.1, -0.05) is 12.1 Å². The maximum Gasteiger partial charge on any atom is 0.245 e. The number of methoxy groups -OCH3 is 1. The molecule has 2 aliphatic heterocycles. The van der Waals surface area contributed by atoms with Crippen LogP contribution in [0.15, 0.2) is 24.3 Å². The molecule has 2 atom stereocenters. The van der Waals surface area contributed by atoms with Crippen LogP contribution in [0.1, 0.15) is 17.9 Å². The molecule has 6 nitrogen and oxygen atoms in total. The molecule has 25 heavy (non-hydrogen) atoms. The van der Waals surface area contributed by atoms with Gasteiger partial charge in [0.2, 0.25) is 11.8 Å². The van der Waals surface area contributed by atoms with Crippen LogP contribution in [0.25, 0.3) is 0 Å². The molecule has 0 aliphatic carbocycles. The molecule has 7 heteroatoms. The van der Waals surface area contributed by atoms with E-state index in [0.717, 1.165) is 37.5 Å². The molecule has 0 unspecified atom stereocenters. The third-order valence-electron chi connectivity index (χ3n) is 4.90. The number of ether oxygens (including phenoxy) is 1. The standard InChI is InChI=1S/C18H25N3O3S/c1-13(17(23)20-10-8-19(2)9-11-20)21-16(22)12-25-18(21)14-4-6-15(24-3)7-5-14/h4-7,13,18H,8-12H2,1-3H3/t13-,18-/m0/s1. The third-order valence-corrected chi connectivity index (χ3v) is 6.12. The second kappa shape index (κ2) is 7.66. The predicted molar refractivity (Wildman–Crippen MR) is 98.6 cm³/mol. The summed E-state index contributed by atoms with van der Waals surface area (Å²) in [7, 11) is 3.69. The molecular formula is C18H25N3O3S. The molecule has 1 aromatic carbocycles. The molecule has 0 spiro atoms. The van der Waals surface area contributed by atoms with Crippen LogP contribution in [-0.2, 0) is 9.59 Å². The van der Waals surface area contributed by atoms with Gasteiger partial charge in [0.25, 0.3) is 0 Å². The lowest BCUT2D eigenvalue weighted by Crippen LogP contribution is -2.54. The minimum Gasteiger partial charge on any atom is -0.497 e. The van der Waals surface area contributed by atoms with Crippen molar-refractivity contribution in [2.75, 3.05) is 46.1 Å². The van der Waals surface area contributed by atoms with E-state index < -0.39 is 6.04 Å². The molecule has 2 saturated heterocycles. The molecule has 1 aromatic rings. The van der Waals surface area contributed by atoms with Gasteiger partial charge in [0.15, 0.2) is 0 Å². The lowest BCUT2D eigenvalue weighted by atomic mass is 10.1. The number of likely N-dealkylation sites (N-methyl/N-ethyl adjacent to an activating group) is 1. The van der Waals surface area contributed by atoms with Crippen LogP contribution in [0, 0.1) is 0 Å². The van der Waals surface area contributed by atoms with Crippen LogP contribution in [0.5, 0.6) is 5.75 Å². The van der Waals surface area contributed by atoms with Crippen molar-refractivity contribution in [3.8, 4) is 5.75 Å². The average molecular weight is 363 g/mol. The minimum atomic E-state index is -0.446. The number of amides is 2. The van der Waals surface area contributed by atoms with Gasteiger partial charge < -0.3 is 19.4 Å². The van der Waals surface area contributed by atoms with E-state index in [1.807, 2.05) is 36.1 Å². The van der Waals surface area contributed by atoms with E-state index in [2.05, 4.69) is 11.9 Å². The fourth-order valence-electron chi connectivity index (χ4n) is 3.29. The van der Waals surface area contributed by atoms with Gasteiger partial charge in [-0.2, -0.15) is 0 Å². The first-order chi connectivity index (χ1) is 12.0. The molecular weight excluding hydrogens is 338 g/mol. The van der Waals surface area contributed by atoms with Gasteiger partial charge in [0.05, 0.1) is 12.9 Å². The first-order valence-corrected chi connectivity index (χ1v) is 9.60. The fraction of sp³-hybridized carbons (Fsp3) is 0.556. The molecule has 0 aromatic heterocycles. The zero-order valence-corrected chi connectivity index (χ0v) is 15.8. The topological polar surface area (TPSA) is 53.1 Å². The number of piperazine rings is 1. The highest BCUT2D eigenvalue weighted by Crippen LogP contribution is 2.40. The summed E-state index contributed by atoms with van der Waals surface area (Å²) in [4.78, 5) is 31.2. The van der Waals surface area contributed by atoms with E-state index in [4.69, 9.17) is 4.74 Å². The van der Waals surface area contributed by atoms with E-state index in [1.165, 1.54) is 0 Å². The van der Waals surface area contributed by atoms with Crippen LogP contribution in [0.4, 0.5) is 0 Å². The van der Waals surface area contributed by atoms with Gasteiger partial charge in [-0.25, -0.2) is 0 Å². The van der Waals surface area contributed by atoms with Crippen LogP contribution >= 0.6 is 11.8 Å². The van der Waals surface area contributed by atoms with Crippen molar-refractivity contribution in [3.05, 3.63) is 29.8 Å². The van der Waals surface area contributed by atoms with Gasteiger partial charge in [-0.15, -0.1) is 11.8 Å². The third kappa shape index (κ3) is 3.77. The highest BCUT2D eigenvalue weighted by atomic mass is 32.2. The molecule has 2 fully saturated rings. The quantitative estimate of drug-likeness (QED) is 0.810. The van der Waals surface area contributed by atoms with Gasteiger partial charge in [0, 0.05) is 26.2 Å². The van der Waals surface area contributed by atoms with Gasteiger partial charge in [0.1, 0.15) is 17.2 Å². The number of rotatable bonds is 4. The lowest BCUT2D eigenvalue weighted by Gasteiger charge is -2.37. The van der Waals surface area contributed by atoms with Gasteiger partial charge in [-0.3, -0.25) is 9.59 Å². The molecule has 0 radical (unpaired) electrons. The number of nitrogens with zero attached hydrogens (tertiary/aromatic N) is 3. The van der Waals surface area contributed by atoms with Crippen molar-refractivity contribution < 1.29 is 14.3 Å². The summed E-state index contributed by atoms with van der Waals surface area (Å²) >= 11 is 1.57. The number of thioether (sulfide) groups is 1. The molecule has 136 valence electrons. The largest absolute Gasteiger partial charge is 0.497 e. The Bertz CT molecular complexity index is 629. The van der Waals surface area contributed by atoms with E-state index in [9.17, 15) is 9.59 Å². The zero-order chi connectivity index (χ0) is 18.0. The van der Waals surface area contributed by atoms with Crippen LogP contribution in [0.3, 0.4) is 0 Å². The van der Waals surface area contributed by atoms with Crippen molar-refractivity contribution >= 4 is 23.6 Å². The SMILES string of the molecule is COc1ccc([C@@H]2SCC(=O)N2[C@@H](C)C(=O)N2CCN(C)CC2)cc1. The van der Waals surface area contributed by atoms with E-state index in [-0.39, 0.29) is 17.2 Å². The first kappa shape index (κ1) is 18.1. The Morgan fingerprint density at radius 1 is 1.20 bits per heavy atom. The minimum absolute atomic E-state index is 0.0285. The zero-order valence-electron chi connectivity index (χ0n) is 15.0. The Balaban J connectivity index is 1.75.